The number of ether oxygens (including phenoxy) is 7. The van der Waals surface area contributed by atoms with Gasteiger partial charge in [0.15, 0.2) is 23.0 Å². The zero-order valence-corrected chi connectivity index (χ0v) is 48.2. The fourth-order valence-electron chi connectivity index (χ4n) is 10.4. The van der Waals surface area contributed by atoms with Gasteiger partial charge in [-0.05, 0) is 85.0 Å². The Hall–Kier alpha value is -7.56. The topological polar surface area (TPSA) is 197 Å². The van der Waals surface area contributed by atoms with Gasteiger partial charge in [-0.2, -0.15) is 0 Å². The molecule has 0 aliphatic carbocycles. The van der Waals surface area contributed by atoms with Crippen LogP contribution in [-0.2, 0) is 59.5 Å². The van der Waals surface area contributed by atoms with Crippen LogP contribution in [-0.4, -0.2) is 125 Å². The lowest BCUT2D eigenvalue weighted by molar-refractivity contribution is -0.197. The number of amides is 4. The van der Waals surface area contributed by atoms with Crippen molar-refractivity contribution in [3.05, 3.63) is 136 Å². The molecule has 5 heterocycles. The number of methoxy groups -OCH3 is 3. The average molecular weight is 1160 g/mol. The number of nitrogens with one attached hydrogen (secondary N) is 1. The standard InChI is InChI=1S/C61H66N6O13S2/c1-61(2,82-81-24-10-15-58(70)80-67-56(68)16-17-57(67)69)38-64(18-19-76-22-23-77-21-20-73-3)43-26-39(36-78-54-32-48-46(30-52(54)74-4)59(71)65-44(34-62-48)28-41-11-6-8-13-50(41)65)25-40(27-43)37-79-55-33-49-47(31-53(55)75-5)60(72)66-45(35-63-49)29-42-12-7-9-14-51(42)66/h6-9,11-14,25-27,30-35,44,63H,10,15-24,28-29,36-38H2,1-5H3/t44-/m0/s1. The van der Waals surface area contributed by atoms with Crippen molar-refractivity contribution in [3.63, 3.8) is 0 Å². The summed E-state index contributed by atoms with van der Waals surface area (Å²) in [7, 11) is 8.03. The molecule has 4 amide bonds. The molecule has 82 heavy (non-hydrogen) atoms. The van der Waals surface area contributed by atoms with E-state index in [4.69, 9.17) is 43.0 Å². The number of para-hydroxylation sites is 2. The van der Waals surface area contributed by atoms with Crippen LogP contribution in [0.25, 0.3) is 0 Å². The first-order valence-electron chi connectivity index (χ1n) is 27.2. The predicted octanol–water partition coefficient (Wildman–Crippen LogP) is 9.65. The number of aliphatic imine (C=N–C) groups is 1. The fourth-order valence-corrected chi connectivity index (χ4v) is 13.0. The van der Waals surface area contributed by atoms with Gasteiger partial charge in [-0.15, -0.1) is 5.06 Å². The number of rotatable bonds is 27. The first-order valence-corrected chi connectivity index (χ1v) is 29.6. The van der Waals surface area contributed by atoms with Gasteiger partial charge in [-0.25, -0.2) is 4.79 Å². The third-order valence-electron chi connectivity index (χ3n) is 14.3. The van der Waals surface area contributed by atoms with Crippen molar-refractivity contribution in [3.8, 4) is 23.0 Å². The third-order valence-corrected chi connectivity index (χ3v) is 17.7. The van der Waals surface area contributed by atoms with Crippen molar-refractivity contribution in [1.29, 1.82) is 0 Å². The quantitative estimate of drug-likeness (QED) is 0.0296. The van der Waals surface area contributed by atoms with E-state index in [1.54, 1.807) is 77.0 Å². The second-order valence-electron chi connectivity index (χ2n) is 20.7. The number of allylic oxidation sites excluding steroid dienone is 1. The molecule has 5 aliphatic rings. The first kappa shape index (κ1) is 57.7. The van der Waals surface area contributed by atoms with Gasteiger partial charge in [0, 0.05) is 104 Å². The van der Waals surface area contributed by atoms with Crippen LogP contribution in [0.3, 0.4) is 0 Å². The van der Waals surface area contributed by atoms with Crippen LogP contribution in [0.2, 0.25) is 0 Å². The van der Waals surface area contributed by atoms with E-state index in [1.165, 1.54) is 0 Å². The molecule has 1 fully saturated rings. The lowest BCUT2D eigenvalue weighted by Gasteiger charge is -2.34. The normalized spacial score (nSPS) is 15.8. The molecule has 0 spiro atoms. The number of anilines is 4. The minimum absolute atomic E-state index is 0.0364. The first-order chi connectivity index (χ1) is 39.8. The Morgan fingerprint density at radius 2 is 1.40 bits per heavy atom. The number of carbonyl (C=O) groups excluding carboxylic acids is 5. The SMILES string of the molecule is COCCOCCOCCN(CC(C)(C)SSCCCC(=O)ON1C(=O)CCC1=O)c1cc(COc2cc3c(cc2OC)C(=O)N2c4ccccc4C[C@H]2C=N3)cc(COc2cc3c(cc2OC)C(=O)N2C(=CN3)Cc3ccccc32)c1. The van der Waals surface area contributed by atoms with Crippen LogP contribution >= 0.6 is 21.6 Å². The molecule has 0 unspecified atom stereocenters. The molecule has 0 aromatic heterocycles. The highest BCUT2D eigenvalue weighted by atomic mass is 33.1. The molecular formula is C61H66N6O13S2. The van der Waals surface area contributed by atoms with E-state index in [-0.39, 0.29) is 55.1 Å². The number of hydrogen-bond donors (Lipinski definition) is 1. The van der Waals surface area contributed by atoms with Gasteiger partial charge in [0.05, 0.1) is 81.5 Å². The van der Waals surface area contributed by atoms with Crippen LogP contribution in [0.4, 0.5) is 28.4 Å². The Morgan fingerprint density at radius 3 is 2.12 bits per heavy atom. The van der Waals surface area contributed by atoms with Gasteiger partial charge in [0.25, 0.3) is 23.6 Å². The van der Waals surface area contributed by atoms with Crippen LogP contribution in [0.5, 0.6) is 23.0 Å². The number of imide groups is 1. The average Bonchev–Trinajstić information content (AvgIpc) is 3.80. The van der Waals surface area contributed by atoms with E-state index in [1.807, 2.05) is 67.0 Å². The van der Waals surface area contributed by atoms with Crippen molar-refractivity contribution in [2.24, 2.45) is 4.99 Å². The lowest BCUT2D eigenvalue weighted by Crippen LogP contribution is -2.38. The summed E-state index contributed by atoms with van der Waals surface area (Å²) in [6, 6.07) is 28.7. The second-order valence-corrected chi connectivity index (χ2v) is 23.8. The van der Waals surface area contributed by atoms with Gasteiger partial charge < -0.3 is 48.2 Å². The molecular weight excluding hydrogens is 1090 g/mol. The summed E-state index contributed by atoms with van der Waals surface area (Å²) in [6.45, 7) is 7.69. The second kappa shape index (κ2) is 26.1. The molecule has 430 valence electrons. The summed E-state index contributed by atoms with van der Waals surface area (Å²) in [5, 5.41) is 3.95. The van der Waals surface area contributed by atoms with Gasteiger partial charge in [0.2, 0.25) is 0 Å². The Balaban J connectivity index is 0.910. The van der Waals surface area contributed by atoms with Crippen LogP contribution in [0, 0.1) is 0 Å². The molecule has 5 aromatic rings. The fraction of sp³-hybridized carbons (Fsp3) is 0.377. The molecule has 0 saturated carbocycles. The number of carbonyl (C=O) groups is 5. The molecule has 1 saturated heterocycles. The monoisotopic (exact) mass is 1150 g/mol. The Morgan fingerprint density at radius 1 is 0.744 bits per heavy atom. The maximum Gasteiger partial charge on any atom is 0.333 e. The van der Waals surface area contributed by atoms with Crippen molar-refractivity contribution >= 4 is 85.8 Å². The lowest BCUT2D eigenvalue weighted by atomic mass is 10.1. The summed E-state index contributed by atoms with van der Waals surface area (Å²) in [4.78, 5) is 80.8. The van der Waals surface area contributed by atoms with Crippen molar-refractivity contribution in [2.75, 3.05) is 93.2 Å². The summed E-state index contributed by atoms with van der Waals surface area (Å²) < 4.78 is 41.7. The molecule has 5 aromatic carbocycles. The van der Waals surface area contributed by atoms with E-state index in [0.717, 1.165) is 45.0 Å². The predicted molar refractivity (Wildman–Crippen MR) is 315 cm³/mol. The van der Waals surface area contributed by atoms with Gasteiger partial charge in [-0.1, -0.05) is 58.0 Å². The van der Waals surface area contributed by atoms with E-state index < -0.39 is 17.8 Å². The maximum atomic E-state index is 14.3. The molecule has 21 heteroatoms. The van der Waals surface area contributed by atoms with Crippen molar-refractivity contribution in [1.82, 2.24) is 5.06 Å². The van der Waals surface area contributed by atoms with E-state index >= 15 is 0 Å². The molecule has 0 radical (unpaired) electrons. The van der Waals surface area contributed by atoms with Crippen molar-refractivity contribution in [2.45, 2.75) is 76.4 Å². The largest absolute Gasteiger partial charge is 0.493 e. The number of nitrogens with zero attached hydrogens (tertiary/aromatic N) is 5. The highest BCUT2D eigenvalue weighted by Crippen LogP contribution is 2.44. The number of hydrogen-bond acceptors (Lipinski definition) is 18. The smallest absolute Gasteiger partial charge is 0.333 e. The zero-order chi connectivity index (χ0) is 57.3. The summed E-state index contributed by atoms with van der Waals surface area (Å²) in [6.07, 6.45) is 5.58. The Bertz CT molecular complexity index is 3280. The highest BCUT2D eigenvalue weighted by Gasteiger charge is 2.38. The number of benzene rings is 5. The van der Waals surface area contributed by atoms with Crippen molar-refractivity contribution < 1.29 is 62.0 Å². The summed E-state index contributed by atoms with van der Waals surface area (Å²) >= 11 is 0. The molecule has 1 N–H and O–H groups in total. The van der Waals surface area contributed by atoms with E-state index in [0.29, 0.717) is 122 Å². The van der Waals surface area contributed by atoms with E-state index in [9.17, 15) is 24.0 Å². The minimum Gasteiger partial charge on any atom is -0.493 e. The van der Waals surface area contributed by atoms with Gasteiger partial charge in [0.1, 0.15) is 13.2 Å². The van der Waals surface area contributed by atoms with Crippen LogP contribution in [0.15, 0.2) is 108 Å². The molecule has 19 nitrogen and oxygen atoms in total. The minimum atomic E-state index is -0.625. The van der Waals surface area contributed by atoms with Crippen LogP contribution in [0.1, 0.15) is 82.5 Å². The highest BCUT2D eigenvalue weighted by molar-refractivity contribution is 8.77. The molecule has 0 bridgehead atoms. The molecule has 10 rings (SSSR count). The summed E-state index contributed by atoms with van der Waals surface area (Å²) in [5.74, 6) is 0.238. The van der Waals surface area contributed by atoms with Crippen LogP contribution < -0.4 is 39.0 Å². The van der Waals surface area contributed by atoms with E-state index in [2.05, 4.69) is 36.2 Å². The van der Waals surface area contributed by atoms with Gasteiger partial charge >= 0.3 is 5.97 Å². The zero-order valence-electron chi connectivity index (χ0n) is 46.6. The number of fused-ring (bicyclic) bond motifs is 8. The molecule has 1 atom stereocenters. The van der Waals surface area contributed by atoms with Gasteiger partial charge in [-0.3, -0.25) is 34.0 Å². The Labute approximate surface area is 484 Å². The molecule has 5 aliphatic heterocycles. The maximum absolute atomic E-state index is 14.3. The Kier molecular flexibility index (Phi) is 18.4. The third kappa shape index (κ3) is 13.2. The summed E-state index contributed by atoms with van der Waals surface area (Å²) in [5.41, 5.74) is 9.11. The number of hydroxylamine groups is 2.